The molecule has 0 spiro atoms. The second-order valence-corrected chi connectivity index (χ2v) is 4.95. The van der Waals surface area contributed by atoms with Gasteiger partial charge in [-0.25, -0.2) is 4.98 Å². The predicted octanol–water partition coefficient (Wildman–Crippen LogP) is 3.63. The SMILES string of the molecule is CCCOCCCn1c(CCCl)nc2ccccc21. The summed E-state index contributed by atoms with van der Waals surface area (Å²) < 4.78 is 7.80. The molecule has 0 aliphatic carbocycles. The van der Waals surface area contributed by atoms with E-state index in [1.807, 2.05) is 6.07 Å². The maximum Gasteiger partial charge on any atom is 0.111 e. The lowest BCUT2D eigenvalue weighted by atomic mass is 10.3. The third kappa shape index (κ3) is 3.71. The number of imidazole rings is 1. The van der Waals surface area contributed by atoms with E-state index in [4.69, 9.17) is 16.3 Å². The fourth-order valence-corrected chi connectivity index (χ4v) is 2.39. The van der Waals surface area contributed by atoms with Crippen molar-refractivity contribution >= 4 is 22.6 Å². The Balaban J connectivity index is 2.08. The second kappa shape index (κ2) is 7.51. The molecule has 1 aromatic heterocycles. The monoisotopic (exact) mass is 280 g/mol. The van der Waals surface area contributed by atoms with Gasteiger partial charge in [0.15, 0.2) is 0 Å². The summed E-state index contributed by atoms with van der Waals surface area (Å²) in [7, 11) is 0. The maximum absolute atomic E-state index is 5.86. The van der Waals surface area contributed by atoms with Crippen molar-refractivity contribution in [1.82, 2.24) is 9.55 Å². The number of aromatic nitrogens is 2. The van der Waals surface area contributed by atoms with Crippen molar-refractivity contribution in [3.8, 4) is 0 Å². The summed E-state index contributed by atoms with van der Waals surface area (Å²) in [5.41, 5.74) is 2.25. The molecule has 0 fully saturated rings. The van der Waals surface area contributed by atoms with Crippen LogP contribution in [0, 0.1) is 0 Å². The van der Waals surface area contributed by atoms with Crippen LogP contribution < -0.4 is 0 Å². The lowest BCUT2D eigenvalue weighted by molar-refractivity contribution is 0.129. The maximum atomic E-state index is 5.86. The molecular weight excluding hydrogens is 260 g/mol. The van der Waals surface area contributed by atoms with Gasteiger partial charge in [-0.15, -0.1) is 11.6 Å². The Kier molecular flexibility index (Phi) is 5.67. The largest absolute Gasteiger partial charge is 0.381 e. The number of hydrogen-bond acceptors (Lipinski definition) is 2. The van der Waals surface area contributed by atoms with E-state index >= 15 is 0 Å². The molecule has 0 radical (unpaired) electrons. The number of ether oxygens (including phenoxy) is 1. The minimum atomic E-state index is 0.607. The van der Waals surface area contributed by atoms with Gasteiger partial charge in [0.05, 0.1) is 11.0 Å². The average molecular weight is 281 g/mol. The molecule has 0 unspecified atom stereocenters. The Bertz CT molecular complexity index is 510. The van der Waals surface area contributed by atoms with E-state index in [0.29, 0.717) is 5.88 Å². The first-order valence-corrected chi connectivity index (χ1v) is 7.48. The number of alkyl halides is 1. The third-order valence-corrected chi connectivity index (χ3v) is 3.26. The van der Waals surface area contributed by atoms with E-state index in [-0.39, 0.29) is 0 Å². The van der Waals surface area contributed by atoms with Crippen molar-refractivity contribution in [2.24, 2.45) is 0 Å². The van der Waals surface area contributed by atoms with Crippen LogP contribution in [0.15, 0.2) is 24.3 Å². The van der Waals surface area contributed by atoms with Gasteiger partial charge in [0.2, 0.25) is 0 Å². The summed E-state index contributed by atoms with van der Waals surface area (Å²) in [6.45, 7) is 4.72. The summed E-state index contributed by atoms with van der Waals surface area (Å²) in [6.07, 6.45) is 2.90. The molecule has 104 valence electrons. The van der Waals surface area contributed by atoms with Crippen molar-refractivity contribution in [2.45, 2.75) is 32.7 Å². The molecular formula is C15H21ClN2O. The molecule has 0 saturated carbocycles. The highest BCUT2D eigenvalue weighted by Crippen LogP contribution is 2.17. The summed E-state index contributed by atoms with van der Waals surface area (Å²) in [5, 5.41) is 0. The number of para-hydroxylation sites is 2. The number of hydrogen-bond donors (Lipinski definition) is 0. The molecule has 0 aliphatic heterocycles. The molecule has 0 atom stereocenters. The number of aryl methyl sites for hydroxylation is 2. The first-order chi connectivity index (χ1) is 9.36. The van der Waals surface area contributed by atoms with Crippen molar-refractivity contribution in [3.05, 3.63) is 30.1 Å². The summed E-state index contributed by atoms with van der Waals surface area (Å²) in [4.78, 5) is 4.66. The van der Waals surface area contributed by atoms with Gasteiger partial charge in [0, 0.05) is 32.1 Å². The van der Waals surface area contributed by atoms with E-state index in [1.165, 1.54) is 5.52 Å². The molecule has 1 aromatic carbocycles. The summed E-state index contributed by atoms with van der Waals surface area (Å²) in [6, 6.07) is 8.25. The van der Waals surface area contributed by atoms with Crippen LogP contribution >= 0.6 is 11.6 Å². The third-order valence-electron chi connectivity index (χ3n) is 3.07. The first kappa shape index (κ1) is 14.4. The van der Waals surface area contributed by atoms with Crippen LogP contribution in [0.1, 0.15) is 25.6 Å². The van der Waals surface area contributed by atoms with Crippen LogP contribution in [0.2, 0.25) is 0 Å². The van der Waals surface area contributed by atoms with Gasteiger partial charge in [-0.05, 0) is 25.0 Å². The van der Waals surface area contributed by atoms with Gasteiger partial charge in [-0.3, -0.25) is 0 Å². The predicted molar refractivity (Wildman–Crippen MR) is 79.9 cm³/mol. The number of benzene rings is 1. The Morgan fingerprint density at radius 2 is 2.11 bits per heavy atom. The fourth-order valence-electron chi connectivity index (χ4n) is 2.22. The number of rotatable bonds is 8. The van der Waals surface area contributed by atoms with Crippen LogP contribution in [-0.4, -0.2) is 28.6 Å². The molecule has 19 heavy (non-hydrogen) atoms. The van der Waals surface area contributed by atoms with E-state index in [0.717, 1.165) is 50.4 Å². The zero-order valence-corrected chi connectivity index (χ0v) is 12.2. The Morgan fingerprint density at radius 3 is 2.89 bits per heavy atom. The van der Waals surface area contributed by atoms with Gasteiger partial charge in [0.1, 0.15) is 5.82 Å². The molecule has 0 bridgehead atoms. The normalized spacial score (nSPS) is 11.3. The van der Waals surface area contributed by atoms with Crippen LogP contribution in [0.25, 0.3) is 11.0 Å². The number of fused-ring (bicyclic) bond motifs is 1. The number of halogens is 1. The molecule has 2 rings (SSSR count). The van der Waals surface area contributed by atoms with Crippen LogP contribution in [0.5, 0.6) is 0 Å². The quantitative estimate of drug-likeness (QED) is 0.545. The van der Waals surface area contributed by atoms with Crippen LogP contribution in [0.4, 0.5) is 0 Å². The smallest absolute Gasteiger partial charge is 0.111 e. The van der Waals surface area contributed by atoms with Gasteiger partial charge in [-0.2, -0.15) is 0 Å². The van der Waals surface area contributed by atoms with E-state index < -0.39 is 0 Å². The molecule has 0 saturated heterocycles. The Morgan fingerprint density at radius 1 is 1.26 bits per heavy atom. The average Bonchev–Trinajstić information content (AvgIpc) is 2.77. The summed E-state index contributed by atoms with van der Waals surface area (Å²) in [5.74, 6) is 1.68. The molecule has 0 amide bonds. The van der Waals surface area contributed by atoms with E-state index in [2.05, 4.69) is 34.7 Å². The van der Waals surface area contributed by atoms with Crippen LogP contribution in [0.3, 0.4) is 0 Å². The highest BCUT2D eigenvalue weighted by Gasteiger charge is 2.09. The second-order valence-electron chi connectivity index (χ2n) is 4.57. The van der Waals surface area contributed by atoms with Gasteiger partial charge in [0.25, 0.3) is 0 Å². The van der Waals surface area contributed by atoms with Gasteiger partial charge < -0.3 is 9.30 Å². The minimum absolute atomic E-state index is 0.607. The van der Waals surface area contributed by atoms with Crippen molar-refractivity contribution in [1.29, 1.82) is 0 Å². The molecule has 2 aromatic rings. The fraction of sp³-hybridized carbons (Fsp3) is 0.533. The van der Waals surface area contributed by atoms with E-state index in [1.54, 1.807) is 0 Å². The van der Waals surface area contributed by atoms with Crippen molar-refractivity contribution in [3.63, 3.8) is 0 Å². The lowest BCUT2D eigenvalue weighted by Gasteiger charge is -2.08. The van der Waals surface area contributed by atoms with Gasteiger partial charge >= 0.3 is 0 Å². The molecule has 3 nitrogen and oxygen atoms in total. The molecule has 4 heteroatoms. The molecule has 0 aliphatic rings. The standard InChI is InChI=1S/C15H21ClN2O/c1-2-11-19-12-5-10-18-14-7-4-3-6-13(14)17-15(18)8-9-16/h3-4,6-7H,2,5,8-12H2,1H3. The Labute approximate surface area is 119 Å². The number of nitrogens with zero attached hydrogens (tertiary/aromatic N) is 2. The summed E-state index contributed by atoms with van der Waals surface area (Å²) >= 11 is 5.86. The van der Waals surface area contributed by atoms with Crippen molar-refractivity contribution in [2.75, 3.05) is 19.1 Å². The van der Waals surface area contributed by atoms with Gasteiger partial charge in [-0.1, -0.05) is 19.1 Å². The Hall–Kier alpha value is -1.06. The first-order valence-electron chi connectivity index (χ1n) is 6.94. The minimum Gasteiger partial charge on any atom is -0.381 e. The zero-order valence-electron chi connectivity index (χ0n) is 11.4. The molecule has 1 heterocycles. The molecule has 0 N–H and O–H groups in total. The zero-order chi connectivity index (χ0) is 13.5. The highest BCUT2D eigenvalue weighted by atomic mass is 35.5. The van der Waals surface area contributed by atoms with Crippen LogP contribution in [-0.2, 0) is 17.7 Å². The highest BCUT2D eigenvalue weighted by molar-refractivity contribution is 6.17. The lowest BCUT2D eigenvalue weighted by Crippen LogP contribution is -2.07. The van der Waals surface area contributed by atoms with Crippen molar-refractivity contribution < 1.29 is 4.74 Å². The topological polar surface area (TPSA) is 27.1 Å². The van der Waals surface area contributed by atoms with E-state index in [9.17, 15) is 0 Å².